The van der Waals surface area contributed by atoms with Gasteiger partial charge >= 0.3 is 12.0 Å². The number of imide groups is 1. The van der Waals surface area contributed by atoms with Gasteiger partial charge in [-0.05, 0) is 0 Å². The number of rotatable bonds is 5. The Labute approximate surface area is 81.0 Å². The van der Waals surface area contributed by atoms with Gasteiger partial charge in [-0.3, -0.25) is 14.9 Å². The Morgan fingerprint density at radius 3 is 2.50 bits per heavy atom. The Hall–Kier alpha value is -1.63. The molecule has 0 atom stereocenters. The monoisotopic (exact) mass is 203 g/mol. The lowest BCUT2D eigenvalue weighted by atomic mass is 10.4. The summed E-state index contributed by atoms with van der Waals surface area (Å²) in [6.45, 7) is 0.235. The Morgan fingerprint density at radius 2 is 2.00 bits per heavy atom. The van der Waals surface area contributed by atoms with E-state index in [4.69, 9.17) is 5.73 Å². The van der Waals surface area contributed by atoms with E-state index in [1.54, 1.807) is 0 Å². The van der Waals surface area contributed by atoms with Crippen molar-refractivity contribution in [2.75, 3.05) is 20.2 Å². The van der Waals surface area contributed by atoms with Gasteiger partial charge in [0.25, 0.3) is 0 Å². The van der Waals surface area contributed by atoms with E-state index in [2.05, 4.69) is 10.1 Å². The van der Waals surface area contributed by atoms with E-state index >= 15 is 0 Å². The molecule has 0 aromatic heterocycles. The lowest BCUT2D eigenvalue weighted by Crippen LogP contribution is -2.40. The lowest BCUT2D eigenvalue weighted by Gasteiger charge is -2.02. The van der Waals surface area contributed by atoms with Crippen molar-refractivity contribution in [3.8, 4) is 0 Å². The van der Waals surface area contributed by atoms with Crippen molar-refractivity contribution in [1.29, 1.82) is 0 Å². The van der Waals surface area contributed by atoms with Crippen LogP contribution < -0.4 is 16.4 Å². The molecule has 0 aromatic carbocycles. The summed E-state index contributed by atoms with van der Waals surface area (Å²) in [6.07, 6.45) is 0.167. The summed E-state index contributed by atoms with van der Waals surface area (Å²) in [5, 5.41) is 4.50. The average Bonchev–Trinajstić information content (AvgIpc) is 2.10. The van der Waals surface area contributed by atoms with Crippen LogP contribution in [0.5, 0.6) is 0 Å². The minimum atomic E-state index is -0.898. The van der Waals surface area contributed by atoms with Gasteiger partial charge in [0.05, 0.1) is 20.1 Å². The molecular weight excluding hydrogens is 190 g/mol. The van der Waals surface area contributed by atoms with E-state index in [9.17, 15) is 14.4 Å². The summed E-state index contributed by atoms with van der Waals surface area (Å²) in [7, 11) is 1.28. The van der Waals surface area contributed by atoms with E-state index in [-0.39, 0.29) is 18.9 Å². The molecule has 0 aliphatic carbocycles. The van der Waals surface area contributed by atoms with Crippen LogP contribution in [-0.2, 0) is 14.3 Å². The summed E-state index contributed by atoms with van der Waals surface area (Å²) in [5.74, 6) is -0.907. The van der Waals surface area contributed by atoms with Crippen molar-refractivity contribution < 1.29 is 19.1 Å². The highest BCUT2D eigenvalue weighted by atomic mass is 16.5. The van der Waals surface area contributed by atoms with Crippen LogP contribution in [0.2, 0.25) is 0 Å². The van der Waals surface area contributed by atoms with Gasteiger partial charge in [0.15, 0.2) is 0 Å². The topological polar surface area (TPSA) is 111 Å². The first kappa shape index (κ1) is 12.4. The summed E-state index contributed by atoms with van der Waals surface area (Å²) in [6, 6.07) is -0.898. The average molecular weight is 203 g/mol. The van der Waals surface area contributed by atoms with Crippen molar-refractivity contribution >= 4 is 17.9 Å². The molecule has 0 saturated carbocycles. The second-order valence-corrected chi connectivity index (χ2v) is 2.42. The Bertz CT molecular complexity index is 229. The number of methoxy groups -OCH3 is 1. The molecule has 0 rings (SSSR count). The van der Waals surface area contributed by atoms with Crippen LogP contribution in [0.3, 0.4) is 0 Å². The number of carbonyl (C=O) groups is 3. The Morgan fingerprint density at radius 1 is 1.36 bits per heavy atom. The first-order valence-corrected chi connectivity index (χ1v) is 3.93. The summed E-state index contributed by atoms with van der Waals surface area (Å²) in [5.41, 5.74) is 4.69. The number of nitrogens with two attached hydrogens (primary N) is 1. The van der Waals surface area contributed by atoms with E-state index in [1.165, 1.54) is 7.11 Å². The maximum absolute atomic E-state index is 10.8. The van der Waals surface area contributed by atoms with E-state index in [1.807, 2.05) is 5.32 Å². The zero-order chi connectivity index (χ0) is 11.0. The SMILES string of the molecule is COC(=O)CCNCC(=O)NC(N)=O. The number of primary amides is 1. The molecule has 80 valence electrons. The Balaban J connectivity index is 3.40. The molecule has 4 N–H and O–H groups in total. The van der Waals surface area contributed by atoms with Gasteiger partial charge in [-0.2, -0.15) is 0 Å². The van der Waals surface area contributed by atoms with Crippen molar-refractivity contribution in [3.05, 3.63) is 0 Å². The number of hydrogen-bond acceptors (Lipinski definition) is 5. The highest BCUT2D eigenvalue weighted by Crippen LogP contribution is 1.80. The van der Waals surface area contributed by atoms with Crippen LogP contribution in [0.15, 0.2) is 0 Å². The third-order valence-corrected chi connectivity index (χ3v) is 1.28. The van der Waals surface area contributed by atoms with Gasteiger partial charge in [0.2, 0.25) is 5.91 Å². The molecule has 0 unspecified atom stereocenters. The minimum absolute atomic E-state index is 0.0695. The van der Waals surface area contributed by atoms with Gasteiger partial charge in [0.1, 0.15) is 0 Å². The molecule has 0 saturated heterocycles. The van der Waals surface area contributed by atoms with E-state index < -0.39 is 11.9 Å². The fourth-order valence-electron chi connectivity index (χ4n) is 0.676. The first-order chi connectivity index (χ1) is 6.56. The van der Waals surface area contributed by atoms with Gasteiger partial charge in [-0.25, -0.2) is 4.79 Å². The molecule has 14 heavy (non-hydrogen) atoms. The smallest absolute Gasteiger partial charge is 0.318 e. The zero-order valence-electron chi connectivity index (χ0n) is 7.83. The maximum Gasteiger partial charge on any atom is 0.318 e. The van der Waals surface area contributed by atoms with Crippen LogP contribution in [0.4, 0.5) is 4.79 Å². The fraction of sp³-hybridized carbons (Fsp3) is 0.571. The predicted octanol–water partition coefficient (Wildman–Crippen LogP) is -1.67. The number of nitrogens with one attached hydrogen (secondary N) is 2. The van der Waals surface area contributed by atoms with E-state index in [0.717, 1.165) is 0 Å². The molecule has 7 heteroatoms. The molecule has 0 radical (unpaired) electrons. The number of ether oxygens (including phenoxy) is 1. The van der Waals surface area contributed by atoms with Crippen molar-refractivity contribution in [1.82, 2.24) is 10.6 Å². The molecule has 0 aliphatic heterocycles. The highest BCUT2D eigenvalue weighted by molar-refractivity contribution is 5.94. The number of carbonyl (C=O) groups excluding carboxylic acids is 3. The summed E-state index contributed by atoms with van der Waals surface area (Å²) < 4.78 is 4.37. The standard InChI is InChI=1S/C7H13N3O4/c1-14-6(12)2-3-9-4-5(11)10-7(8)13/h9H,2-4H2,1H3,(H3,8,10,11,13). The van der Waals surface area contributed by atoms with Crippen molar-refractivity contribution in [3.63, 3.8) is 0 Å². The number of esters is 1. The van der Waals surface area contributed by atoms with Crippen LogP contribution in [0, 0.1) is 0 Å². The van der Waals surface area contributed by atoms with E-state index in [0.29, 0.717) is 6.54 Å². The van der Waals surface area contributed by atoms with Crippen molar-refractivity contribution in [2.24, 2.45) is 5.73 Å². The van der Waals surface area contributed by atoms with Crippen LogP contribution in [0.1, 0.15) is 6.42 Å². The maximum atomic E-state index is 10.8. The second-order valence-electron chi connectivity index (χ2n) is 2.42. The Kier molecular flexibility index (Phi) is 6.04. The number of hydrogen-bond donors (Lipinski definition) is 3. The van der Waals surface area contributed by atoms with Crippen LogP contribution in [-0.4, -0.2) is 38.1 Å². The predicted molar refractivity (Wildman–Crippen MR) is 47.2 cm³/mol. The van der Waals surface area contributed by atoms with Gasteiger partial charge in [0, 0.05) is 6.54 Å². The van der Waals surface area contributed by atoms with Crippen molar-refractivity contribution in [2.45, 2.75) is 6.42 Å². The summed E-state index contributed by atoms with van der Waals surface area (Å²) in [4.78, 5) is 31.6. The summed E-state index contributed by atoms with van der Waals surface area (Å²) >= 11 is 0. The fourth-order valence-corrected chi connectivity index (χ4v) is 0.676. The molecule has 0 fully saturated rings. The first-order valence-electron chi connectivity index (χ1n) is 3.93. The molecule has 0 aromatic rings. The van der Waals surface area contributed by atoms with Gasteiger partial charge in [-0.15, -0.1) is 0 Å². The normalized spacial score (nSPS) is 9.21. The number of amides is 3. The third-order valence-electron chi connectivity index (χ3n) is 1.28. The molecular formula is C7H13N3O4. The second kappa shape index (κ2) is 6.84. The number of urea groups is 1. The van der Waals surface area contributed by atoms with Gasteiger partial charge < -0.3 is 15.8 Å². The molecule has 0 spiro atoms. The largest absolute Gasteiger partial charge is 0.469 e. The molecule has 7 nitrogen and oxygen atoms in total. The van der Waals surface area contributed by atoms with Crippen LogP contribution in [0.25, 0.3) is 0 Å². The highest BCUT2D eigenvalue weighted by Gasteiger charge is 2.04. The lowest BCUT2D eigenvalue weighted by molar-refractivity contribution is -0.140. The quantitative estimate of drug-likeness (QED) is 0.365. The molecule has 0 bridgehead atoms. The van der Waals surface area contributed by atoms with Gasteiger partial charge in [-0.1, -0.05) is 0 Å². The molecule has 0 aliphatic rings. The minimum Gasteiger partial charge on any atom is -0.469 e. The zero-order valence-corrected chi connectivity index (χ0v) is 7.83. The third kappa shape index (κ3) is 7.04. The molecule has 0 heterocycles. The molecule has 3 amide bonds. The van der Waals surface area contributed by atoms with Crippen LogP contribution >= 0.6 is 0 Å².